The highest BCUT2D eigenvalue weighted by molar-refractivity contribution is 7.71. The zero-order valence-electron chi connectivity index (χ0n) is 24.1. The molecule has 228 valence electrons. The Bertz CT molecular complexity index is 1560. The quantitative estimate of drug-likeness (QED) is 0.213. The van der Waals surface area contributed by atoms with Gasteiger partial charge in [0.2, 0.25) is 10.7 Å². The van der Waals surface area contributed by atoms with Gasteiger partial charge in [0.25, 0.3) is 0 Å². The molecule has 1 fully saturated rings. The molecule has 1 saturated heterocycles. The minimum Gasteiger partial charge on any atom is -0.495 e. The van der Waals surface area contributed by atoms with Crippen LogP contribution in [-0.4, -0.2) is 81.2 Å². The van der Waals surface area contributed by atoms with E-state index in [-0.39, 0.29) is 11.4 Å². The van der Waals surface area contributed by atoms with Gasteiger partial charge in [-0.3, -0.25) is 28.7 Å². The molecule has 3 aromatic rings. The molecule has 0 aliphatic carbocycles. The number of pyridine rings is 1. The van der Waals surface area contributed by atoms with Crippen molar-refractivity contribution in [2.24, 2.45) is 0 Å². The smallest absolute Gasteiger partial charge is 0.303 e. The molecule has 1 amide bonds. The van der Waals surface area contributed by atoms with Crippen LogP contribution in [0.25, 0.3) is 17.1 Å². The summed E-state index contributed by atoms with van der Waals surface area (Å²) in [4.78, 5) is 52.7. The number of amides is 1. The molecule has 0 saturated carbocycles. The molecule has 5 atom stereocenters. The van der Waals surface area contributed by atoms with Crippen LogP contribution < -0.4 is 10.1 Å². The number of benzene rings is 1. The largest absolute Gasteiger partial charge is 0.495 e. The fraction of sp³-hybridized carbons (Fsp3) is 0.393. The van der Waals surface area contributed by atoms with Crippen LogP contribution in [0.1, 0.15) is 33.9 Å². The average Bonchev–Trinajstić information content (AvgIpc) is 3.30. The molecule has 1 aromatic carbocycles. The molecule has 0 spiro atoms. The zero-order chi connectivity index (χ0) is 31.3. The summed E-state index contributed by atoms with van der Waals surface area (Å²) in [5, 5.41) is 7.54. The van der Waals surface area contributed by atoms with E-state index in [0.29, 0.717) is 22.8 Å². The molecule has 43 heavy (non-hydrogen) atoms. The fourth-order valence-electron chi connectivity index (χ4n) is 4.79. The summed E-state index contributed by atoms with van der Waals surface area (Å²) in [6.07, 6.45) is -1.74. The predicted octanol–water partition coefficient (Wildman–Crippen LogP) is 2.30. The second-order valence-electron chi connectivity index (χ2n) is 9.54. The number of methoxy groups -OCH3 is 1. The lowest BCUT2D eigenvalue weighted by Gasteiger charge is -2.45. The molecule has 0 bridgehead atoms. The lowest BCUT2D eigenvalue weighted by Crippen LogP contribution is -2.64. The molecule has 1 aliphatic heterocycles. The van der Waals surface area contributed by atoms with Gasteiger partial charge in [0.15, 0.2) is 24.3 Å². The van der Waals surface area contributed by atoms with Crippen LogP contribution in [0.3, 0.4) is 0 Å². The first kappa shape index (κ1) is 31.3. The Labute approximate surface area is 251 Å². The number of hydrogen-bond donors (Lipinski definition) is 1. The Morgan fingerprint density at radius 1 is 0.953 bits per heavy atom. The van der Waals surface area contributed by atoms with E-state index in [2.05, 4.69) is 10.3 Å². The molecular weight excluding hydrogens is 582 g/mol. The number of aromatic nitrogens is 4. The van der Waals surface area contributed by atoms with Gasteiger partial charge in [0.1, 0.15) is 24.5 Å². The molecule has 1 aliphatic rings. The number of rotatable bonds is 9. The third-order valence-electron chi connectivity index (χ3n) is 6.40. The number of nitrogens with one attached hydrogen (secondary N) is 1. The van der Waals surface area contributed by atoms with Gasteiger partial charge in [-0.2, -0.15) is 0 Å². The molecule has 0 radical (unpaired) electrons. The van der Waals surface area contributed by atoms with Crippen LogP contribution in [0.5, 0.6) is 5.75 Å². The summed E-state index contributed by atoms with van der Waals surface area (Å²) in [5.41, 5.74) is 1.20. The van der Waals surface area contributed by atoms with Crippen LogP contribution in [0.2, 0.25) is 0 Å². The first-order valence-corrected chi connectivity index (χ1v) is 13.6. The number of nitrogens with zero attached hydrogens (tertiary/aromatic N) is 4. The number of esters is 3. The van der Waals surface area contributed by atoms with E-state index in [4.69, 9.17) is 41.0 Å². The summed E-state index contributed by atoms with van der Waals surface area (Å²) in [6, 6.07) is 9.48. The first-order chi connectivity index (χ1) is 20.5. The Hall–Kier alpha value is -4.63. The van der Waals surface area contributed by atoms with Crippen LogP contribution in [0, 0.1) is 4.77 Å². The van der Waals surface area contributed by atoms with Crippen LogP contribution in [0.4, 0.5) is 0 Å². The third-order valence-corrected chi connectivity index (χ3v) is 6.77. The van der Waals surface area contributed by atoms with Crippen LogP contribution in [0.15, 0.2) is 48.8 Å². The van der Waals surface area contributed by atoms with E-state index in [9.17, 15) is 19.2 Å². The van der Waals surface area contributed by atoms with Crippen molar-refractivity contribution >= 4 is 36.0 Å². The summed E-state index contributed by atoms with van der Waals surface area (Å²) in [7, 11) is 1.52. The van der Waals surface area contributed by atoms with Crippen molar-refractivity contribution in [3.05, 3.63) is 53.6 Å². The summed E-state index contributed by atoms with van der Waals surface area (Å²) >= 11 is 5.94. The van der Waals surface area contributed by atoms with E-state index in [1.165, 1.54) is 39.5 Å². The van der Waals surface area contributed by atoms with Crippen molar-refractivity contribution in [3.63, 3.8) is 0 Å². The van der Waals surface area contributed by atoms with Crippen molar-refractivity contribution in [1.82, 2.24) is 24.6 Å². The maximum absolute atomic E-state index is 12.5. The molecular formula is C28H31N5O9S. The standard InChI is InChI=1S/C28H31N5O9S/c1-15(34)30-23-25(41-18(4)37)24(40-17(3)36)22(14-39-16(2)35)42-27(23)33-28(43)32(20-8-6-7-9-21(20)38-5)26(31-33)19-10-12-29-13-11-19/h6-13,22-25,27H,14H2,1-5H3,(H,30,34)/t22-,23-,24-,25-,27-/m1/s1. The zero-order valence-corrected chi connectivity index (χ0v) is 24.9. The second kappa shape index (κ2) is 13.6. The van der Waals surface area contributed by atoms with Gasteiger partial charge in [-0.25, -0.2) is 4.68 Å². The molecule has 14 nitrogen and oxygen atoms in total. The lowest BCUT2D eigenvalue weighted by atomic mass is 9.95. The van der Waals surface area contributed by atoms with E-state index in [0.717, 1.165) is 0 Å². The Morgan fingerprint density at radius 3 is 2.21 bits per heavy atom. The Kier molecular flexibility index (Phi) is 9.88. The third kappa shape index (κ3) is 7.06. The molecule has 15 heteroatoms. The minimum absolute atomic E-state index is 0.121. The van der Waals surface area contributed by atoms with Crippen molar-refractivity contribution < 1.29 is 42.9 Å². The van der Waals surface area contributed by atoms with E-state index < -0.39 is 54.4 Å². The molecule has 3 heterocycles. The van der Waals surface area contributed by atoms with Crippen molar-refractivity contribution in [1.29, 1.82) is 0 Å². The van der Waals surface area contributed by atoms with Crippen LogP contribution >= 0.6 is 12.2 Å². The highest BCUT2D eigenvalue weighted by Crippen LogP contribution is 2.35. The van der Waals surface area contributed by atoms with Gasteiger partial charge in [-0.05, 0) is 36.5 Å². The van der Waals surface area contributed by atoms with E-state index in [1.54, 1.807) is 53.4 Å². The number of hydrogen-bond acceptors (Lipinski definition) is 12. The maximum atomic E-state index is 12.5. The fourth-order valence-corrected chi connectivity index (χ4v) is 5.11. The lowest BCUT2D eigenvalue weighted by molar-refractivity contribution is -0.239. The SMILES string of the molecule is COc1ccccc1-n1c(-c2ccncc2)nn([C@@H]2O[C@H](COC(C)=O)[C@@H](OC(C)=O)[C@H](OC(C)=O)[C@H]2NC(C)=O)c1=S. The monoisotopic (exact) mass is 613 g/mol. The number of ether oxygens (including phenoxy) is 5. The maximum Gasteiger partial charge on any atom is 0.303 e. The summed E-state index contributed by atoms with van der Waals surface area (Å²) in [5.74, 6) is -1.67. The first-order valence-electron chi connectivity index (χ1n) is 13.2. The highest BCUT2D eigenvalue weighted by atomic mass is 32.1. The predicted molar refractivity (Wildman–Crippen MR) is 151 cm³/mol. The minimum atomic E-state index is -1.28. The van der Waals surface area contributed by atoms with E-state index in [1.807, 2.05) is 0 Å². The van der Waals surface area contributed by atoms with E-state index >= 15 is 0 Å². The number of para-hydroxylation sites is 2. The van der Waals surface area contributed by atoms with Crippen molar-refractivity contribution in [3.8, 4) is 22.8 Å². The molecule has 4 rings (SSSR count). The normalized spacial score (nSPS) is 21.4. The van der Waals surface area contributed by atoms with Crippen molar-refractivity contribution in [2.45, 2.75) is 58.3 Å². The van der Waals surface area contributed by atoms with Gasteiger partial charge in [-0.15, -0.1) is 5.10 Å². The highest BCUT2D eigenvalue weighted by Gasteiger charge is 2.52. The van der Waals surface area contributed by atoms with Gasteiger partial charge >= 0.3 is 17.9 Å². The summed E-state index contributed by atoms with van der Waals surface area (Å²) in [6.45, 7) is 4.44. The van der Waals surface area contributed by atoms with Gasteiger partial charge in [-0.1, -0.05) is 12.1 Å². The Balaban J connectivity index is 1.96. The summed E-state index contributed by atoms with van der Waals surface area (Å²) < 4.78 is 31.4. The van der Waals surface area contributed by atoms with Gasteiger partial charge < -0.3 is 29.0 Å². The molecule has 0 unspecified atom stereocenters. The van der Waals surface area contributed by atoms with Crippen molar-refractivity contribution in [2.75, 3.05) is 13.7 Å². The van der Waals surface area contributed by atoms with Crippen LogP contribution in [-0.2, 0) is 38.1 Å². The molecule has 2 aromatic heterocycles. The number of carbonyl (C=O) groups is 4. The number of carbonyl (C=O) groups excluding carboxylic acids is 4. The van der Waals surface area contributed by atoms with Gasteiger partial charge in [0.05, 0.1) is 12.8 Å². The van der Waals surface area contributed by atoms with Gasteiger partial charge in [0, 0.05) is 45.7 Å². The Morgan fingerprint density at radius 2 is 1.60 bits per heavy atom. The topological polar surface area (TPSA) is 162 Å². The second-order valence-corrected chi connectivity index (χ2v) is 9.90. The average molecular weight is 614 g/mol. The molecule has 1 N–H and O–H groups in total.